The summed E-state index contributed by atoms with van der Waals surface area (Å²) in [5, 5.41) is 0. The quantitative estimate of drug-likeness (QED) is 0.181. The van der Waals surface area contributed by atoms with Gasteiger partial charge in [0.05, 0.1) is 19.8 Å². The molecule has 0 fully saturated rings. The third-order valence-corrected chi connectivity index (χ3v) is 4.44. The smallest absolute Gasteiger partial charge is 0.305 e. The zero-order chi connectivity index (χ0) is 19.1. The fourth-order valence-electron chi connectivity index (χ4n) is 2.77. The van der Waals surface area contributed by atoms with Gasteiger partial charge in [0, 0.05) is 19.6 Å². The highest BCUT2D eigenvalue weighted by Gasteiger charge is 2.02. The van der Waals surface area contributed by atoms with Crippen LogP contribution in [-0.2, 0) is 19.0 Å². The maximum Gasteiger partial charge on any atom is 0.305 e. The molecular formula is C22H44O4. The van der Waals surface area contributed by atoms with Gasteiger partial charge in [-0.25, -0.2) is 0 Å². The summed E-state index contributed by atoms with van der Waals surface area (Å²) in [7, 11) is 0. The minimum Gasteiger partial charge on any atom is -0.466 e. The molecule has 0 aromatic carbocycles. The lowest BCUT2D eigenvalue weighted by molar-refractivity contribution is -0.144. The molecule has 0 bridgehead atoms. The summed E-state index contributed by atoms with van der Waals surface area (Å²) in [6.07, 6.45) is 16.4. The lowest BCUT2D eigenvalue weighted by Crippen LogP contribution is -2.09. The van der Waals surface area contributed by atoms with Gasteiger partial charge in [0.15, 0.2) is 0 Å². The fourth-order valence-corrected chi connectivity index (χ4v) is 2.77. The Bertz CT molecular complexity index is 281. The molecule has 0 spiro atoms. The van der Waals surface area contributed by atoms with Gasteiger partial charge >= 0.3 is 5.97 Å². The normalized spacial score (nSPS) is 11.0. The van der Waals surface area contributed by atoms with Gasteiger partial charge in [-0.15, -0.1) is 0 Å². The van der Waals surface area contributed by atoms with Crippen LogP contribution in [0.2, 0.25) is 0 Å². The van der Waals surface area contributed by atoms with Crippen molar-refractivity contribution in [2.24, 2.45) is 0 Å². The first-order chi connectivity index (χ1) is 12.8. The molecule has 0 atom stereocenters. The molecule has 0 aliphatic carbocycles. The van der Waals surface area contributed by atoms with E-state index in [1.165, 1.54) is 51.4 Å². The SMILES string of the molecule is CCCCCCCCCCCOCCOCCCC(=O)OCCCCC. The second-order valence-corrected chi connectivity index (χ2v) is 7.08. The molecule has 4 heteroatoms. The zero-order valence-corrected chi connectivity index (χ0v) is 17.6. The third kappa shape index (κ3) is 21.4. The monoisotopic (exact) mass is 372 g/mol. The van der Waals surface area contributed by atoms with E-state index in [4.69, 9.17) is 14.2 Å². The lowest BCUT2D eigenvalue weighted by atomic mass is 10.1. The first-order valence-corrected chi connectivity index (χ1v) is 11.1. The van der Waals surface area contributed by atoms with Crippen LogP contribution in [0.4, 0.5) is 0 Å². The van der Waals surface area contributed by atoms with Crippen molar-refractivity contribution < 1.29 is 19.0 Å². The number of ether oxygens (including phenoxy) is 3. The average molecular weight is 373 g/mol. The Morgan fingerprint density at radius 2 is 1.00 bits per heavy atom. The van der Waals surface area contributed by atoms with Crippen LogP contribution in [0.15, 0.2) is 0 Å². The van der Waals surface area contributed by atoms with E-state index < -0.39 is 0 Å². The van der Waals surface area contributed by atoms with E-state index in [2.05, 4.69) is 13.8 Å². The fraction of sp³-hybridized carbons (Fsp3) is 0.955. The summed E-state index contributed by atoms with van der Waals surface area (Å²) in [6.45, 7) is 7.66. The molecule has 0 radical (unpaired) electrons. The van der Waals surface area contributed by atoms with Gasteiger partial charge in [0.2, 0.25) is 0 Å². The summed E-state index contributed by atoms with van der Waals surface area (Å²) in [5.41, 5.74) is 0. The Morgan fingerprint density at radius 1 is 0.538 bits per heavy atom. The molecule has 0 aliphatic heterocycles. The van der Waals surface area contributed by atoms with Gasteiger partial charge in [-0.2, -0.15) is 0 Å². The summed E-state index contributed by atoms with van der Waals surface area (Å²) in [4.78, 5) is 11.5. The molecule has 0 N–H and O–H groups in total. The van der Waals surface area contributed by atoms with Crippen LogP contribution in [0.3, 0.4) is 0 Å². The van der Waals surface area contributed by atoms with Crippen LogP contribution < -0.4 is 0 Å². The lowest BCUT2D eigenvalue weighted by Gasteiger charge is -2.07. The van der Waals surface area contributed by atoms with Crippen molar-refractivity contribution in [2.75, 3.05) is 33.0 Å². The first kappa shape index (κ1) is 25.4. The van der Waals surface area contributed by atoms with E-state index in [-0.39, 0.29) is 5.97 Å². The van der Waals surface area contributed by atoms with E-state index in [1.807, 2.05) is 0 Å². The highest BCUT2D eigenvalue weighted by Crippen LogP contribution is 2.09. The highest BCUT2D eigenvalue weighted by atomic mass is 16.5. The molecule has 0 unspecified atom stereocenters. The second-order valence-electron chi connectivity index (χ2n) is 7.08. The van der Waals surface area contributed by atoms with Gasteiger partial charge < -0.3 is 14.2 Å². The maximum atomic E-state index is 11.5. The molecule has 156 valence electrons. The summed E-state index contributed by atoms with van der Waals surface area (Å²) in [5.74, 6) is -0.105. The Morgan fingerprint density at radius 3 is 1.62 bits per heavy atom. The van der Waals surface area contributed by atoms with E-state index >= 15 is 0 Å². The Kier molecular flexibility index (Phi) is 21.9. The van der Waals surface area contributed by atoms with Gasteiger partial charge in [-0.05, 0) is 19.3 Å². The van der Waals surface area contributed by atoms with Crippen molar-refractivity contribution in [1.82, 2.24) is 0 Å². The molecule has 0 rings (SSSR count). The van der Waals surface area contributed by atoms with Gasteiger partial charge in [-0.1, -0.05) is 78.1 Å². The van der Waals surface area contributed by atoms with Crippen LogP contribution >= 0.6 is 0 Å². The number of carbonyl (C=O) groups excluding carboxylic acids is 1. The van der Waals surface area contributed by atoms with Crippen LogP contribution in [0, 0.1) is 0 Å². The van der Waals surface area contributed by atoms with Crippen molar-refractivity contribution in [2.45, 2.75) is 104 Å². The van der Waals surface area contributed by atoms with Gasteiger partial charge in [-0.3, -0.25) is 4.79 Å². The van der Waals surface area contributed by atoms with Crippen LogP contribution in [0.1, 0.15) is 104 Å². The average Bonchev–Trinajstić information content (AvgIpc) is 2.65. The van der Waals surface area contributed by atoms with Gasteiger partial charge in [0.25, 0.3) is 0 Å². The number of esters is 1. The molecule has 0 aliphatic rings. The number of carbonyl (C=O) groups is 1. The molecule has 26 heavy (non-hydrogen) atoms. The van der Waals surface area contributed by atoms with Gasteiger partial charge in [0.1, 0.15) is 0 Å². The standard InChI is InChI=1S/C22H44O4/c1-3-5-7-8-9-10-11-12-14-17-24-20-21-25-18-15-16-22(23)26-19-13-6-4-2/h3-21H2,1-2H3. The minimum absolute atomic E-state index is 0.105. The van der Waals surface area contributed by atoms with Crippen molar-refractivity contribution in [1.29, 1.82) is 0 Å². The predicted molar refractivity (Wildman–Crippen MR) is 109 cm³/mol. The van der Waals surface area contributed by atoms with Crippen LogP contribution in [0.5, 0.6) is 0 Å². The van der Waals surface area contributed by atoms with Crippen molar-refractivity contribution in [3.05, 3.63) is 0 Å². The second kappa shape index (κ2) is 22.4. The summed E-state index contributed by atoms with van der Waals surface area (Å²) >= 11 is 0. The van der Waals surface area contributed by atoms with Crippen molar-refractivity contribution in [3.63, 3.8) is 0 Å². The number of hydrogen-bond acceptors (Lipinski definition) is 4. The molecule has 0 saturated heterocycles. The largest absolute Gasteiger partial charge is 0.466 e. The molecule has 0 heterocycles. The van der Waals surface area contributed by atoms with E-state index in [0.29, 0.717) is 32.8 Å². The van der Waals surface area contributed by atoms with Crippen LogP contribution in [0.25, 0.3) is 0 Å². The third-order valence-electron chi connectivity index (χ3n) is 4.44. The molecule has 4 nitrogen and oxygen atoms in total. The highest BCUT2D eigenvalue weighted by molar-refractivity contribution is 5.69. The maximum absolute atomic E-state index is 11.5. The number of rotatable bonds is 21. The summed E-state index contributed by atoms with van der Waals surface area (Å²) < 4.78 is 16.2. The summed E-state index contributed by atoms with van der Waals surface area (Å²) in [6, 6.07) is 0. The van der Waals surface area contributed by atoms with E-state index in [0.717, 1.165) is 38.7 Å². The van der Waals surface area contributed by atoms with E-state index in [9.17, 15) is 4.79 Å². The molecule has 0 aromatic heterocycles. The Hall–Kier alpha value is -0.610. The number of hydrogen-bond donors (Lipinski definition) is 0. The molecule has 0 aromatic rings. The zero-order valence-electron chi connectivity index (χ0n) is 17.6. The van der Waals surface area contributed by atoms with Crippen LogP contribution in [-0.4, -0.2) is 39.0 Å². The Balaban J connectivity index is 3.07. The molecule has 0 amide bonds. The first-order valence-electron chi connectivity index (χ1n) is 11.1. The van der Waals surface area contributed by atoms with E-state index in [1.54, 1.807) is 0 Å². The van der Waals surface area contributed by atoms with Crippen molar-refractivity contribution >= 4 is 5.97 Å². The van der Waals surface area contributed by atoms with Crippen molar-refractivity contribution in [3.8, 4) is 0 Å². The topological polar surface area (TPSA) is 44.8 Å². The molecule has 0 saturated carbocycles. The minimum atomic E-state index is -0.105. The predicted octanol–water partition coefficient (Wildman–Crippen LogP) is 6.06. The number of unbranched alkanes of at least 4 members (excludes halogenated alkanes) is 10. The molecular weight excluding hydrogens is 328 g/mol. The Labute approximate surface area is 162 Å².